The molecule has 8 nitrogen and oxygen atoms in total. The van der Waals surface area contributed by atoms with Gasteiger partial charge < -0.3 is 10.6 Å². The van der Waals surface area contributed by atoms with Crippen molar-refractivity contribution in [3.05, 3.63) is 63.2 Å². The molecule has 0 spiro atoms. The van der Waals surface area contributed by atoms with E-state index in [1.807, 2.05) is 0 Å². The molecule has 2 N–H and O–H groups in total. The molecule has 0 aliphatic rings. The first-order valence-corrected chi connectivity index (χ1v) is 7.33. The van der Waals surface area contributed by atoms with Crippen LogP contribution in [-0.2, 0) is 9.59 Å². The van der Waals surface area contributed by atoms with Crippen LogP contribution >= 0.6 is 11.6 Å². The number of anilines is 2. The van der Waals surface area contributed by atoms with Crippen molar-refractivity contribution in [3.8, 4) is 0 Å². The number of carbonyl (C=O) groups excluding carboxylic acids is 3. The third-order valence-corrected chi connectivity index (χ3v) is 3.49. The Balaban J connectivity index is 2.08. The third-order valence-electron chi connectivity index (χ3n) is 3.16. The molecule has 0 atom stereocenters. The highest BCUT2D eigenvalue weighted by Crippen LogP contribution is 2.26. The first-order chi connectivity index (χ1) is 11.8. The van der Waals surface area contributed by atoms with E-state index in [2.05, 4.69) is 10.6 Å². The summed E-state index contributed by atoms with van der Waals surface area (Å²) in [7, 11) is 0. The van der Waals surface area contributed by atoms with Crippen LogP contribution in [0.3, 0.4) is 0 Å². The van der Waals surface area contributed by atoms with E-state index >= 15 is 0 Å². The van der Waals surface area contributed by atoms with Gasteiger partial charge >= 0.3 is 11.8 Å². The zero-order valence-corrected chi connectivity index (χ0v) is 13.7. The number of amides is 2. The molecule has 0 bridgehead atoms. The Kier molecular flexibility index (Phi) is 5.45. The molecule has 0 aliphatic carbocycles. The lowest BCUT2D eigenvalue weighted by molar-refractivity contribution is -0.384. The number of carbonyl (C=O) groups is 3. The van der Waals surface area contributed by atoms with Gasteiger partial charge in [-0.05, 0) is 37.3 Å². The van der Waals surface area contributed by atoms with Crippen LogP contribution in [0.2, 0.25) is 5.02 Å². The highest BCUT2D eigenvalue weighted by molar-refractivity contribution is 6.44. The number of ketones is 1. The van der Waals surface area contributed by atoms with Crippen LogP contribution in [-0.4, -0.2) is 22.5 Å². The summed E-state index contributed by atoms with van der Waals surface area (Å²) in [4.78, 5) is 45.1. The summed E-state index contributed by atoms with van der Waals surface area (Å²) >= 11 is 5.86. The van der Waals surface area contributed by atoms with Gasteiger partial charge in [0.2, 0.25) is 0 Å². The molecular formula is C16H12ClN3O5. The molecule has 0 heterocycles. The minimum Gasteiger partial charge on any atom is -0.318 e. The molecule has 2 rings (SSSR count). The Hall–Kier alpha value is -3.26. The van der Waals surface area contributed by atoms with Gasteiger partial charge in [-0.1, -0.05) is 11.6 Å². The Bertz CT molecular complexity index is 865. The zero-order chi connectivity index (χ0) is 18.6. The summed E-state index contributed by atoms with van der Waals surface area (Å²) in [6.45, 7) is 1.41. The topological polar surface area (TPSA) is 118 Å². The smallest absolute Gasteiger partial charge is 0.314 e. The number of non-ortho nitro benzene ring substituents is 1. The van der Waals surface area contributed by atoms with Crippen molar-refractivity contribution in [2.75, 3.05) is 10.6 Å². The molecule has 0 saturated heterocycles. The summed E-state index contributed by atoms with van der Waals surface area (Å²) in [5.41, 5.74) is 0.448. The minimum atomic E-state index is -1.04. The average molecular weight is 362 g/mol. The van der Waals surface area contributed by atoms with E-state index in [1.165, 1.54) is 43.3 Å². The second-order valence-electron chi connectivity index (χ2n) is 4.96. The van der Waals surface area contributed by atoms with Gasteiger partial charge in [0.15, 0.2) is 5.78 Å². The molecule has 0 fully saturated rings. The number of halogens is 1. The van der Waals surface area contributed by atoms with Crippen LogP contribution in [0.25, 0.3) is 0 Å². The molecule has 0 saturated carbocycles. The number of hydrogen-bond acceptors (Lipinski definition) is 5. The van der Waals surface area contributed by atoms with E-state index in [1.54, 1.807) is 0 Å². The summed E-state index contributed by atoms with van der Waals surface area (Å²) in [6.07, 6.45) is 0. The average Bonchev–Trinajstić information content (AvgIpc) is 2.57. The largest absolute Gasteiger partial charge is 0.318 e. The van der Waals surface area contributed by atoms with Crippen molar-refractivity contribution >= 4 is 46.3 Å². The predicted octanol–water partition coefficient (Wildman–Crippen LogP) is 3.03. The van der Waals surface area contributed by atoms with Crippen LogP contribution in [0.5, 0.6) is 0 Å². The fourth-order valence-electron chi connectivity index (χ4n) is 1.88. The SMILES string of the molecule is CC(=O)c1ccc(NC(=O)C(=O)Nc2cc([N+](=O)[O-])ccc2Cl)cc1. The standard InChI is InChI=1S/C16H12ClN3O5/c1-9(21)10-2-4-11(5-3-10)18-15(22)16(23)19-14-8-12(20(24)25)6-7-13(14)17/h2-8H,1H3,(H,18,22)(H,19,23). The minimum absolute atomic E-state index is 0.0528. The van der Waals surface area contributed by atoms with Gasteiger partial charge in [0, 0.05) is 23.4 Å². The highest BCUT2D eigenvalue weighted by Gasteiger charge is 2.17. The number of nitro groups is 1. The second-order valence-corrected chi connectivity index (χ2v) is 5.37. The summed E-state index contributed by atoms with van der Waals surface area (Å²) in [5.74, 6) is -2.16. The van der Waals surface area contributed by atoms with Crippen LogP contribution in [0.1, 0.15) is 17.3 Å². The van der Waals surface area contributed by atoms with Crippen LogP contribution < -0.4 is 10.6 Å². The van der Waals surface area contributed by atoms with E-state index in [4.69, 9.17) is 11.6 Å². The van der Waals surface area contributed by atoms with Crippen molar-refractivity contribution < 1.29 is 19.3 Å². The summed E-state index contributed by atoms with van der Waals surface area (Å²) in [5, 5.41) is 15.4. The van der Waals surface area contributed by atoms with Crippen molar-refractivity contribution in [3.63, 3.8) is 0 Å². The lowest BCUT2D eigenvalue weighted by atomic mass is 10.1. The van der Waals surface area contributed by atoms with Gasteiger partial charge in [0.1, 0.15) is 0 Å². The third kappa shape index (κ3) is 4.61. The quantitative estimate of drug-likeness (QED) is 0.375. The van der Waals surface area contributed by atoms with Gasteiger partial charge in [-0.25, -0.2) is 0 Å². The Morgan fingerprint density at radius 1 is 1.00 bits per heavy atom. The molecule has 0 radical (unpaired) electrons. The summed E-state index contributed by atoms with van der Waals surface area (Å²) in [6, 6.07) is 9.43. The van der Waals surface area contributed by atoms with Crippen LogP contribution in [0, 0.1) is 10.1 Å². The molecular weight excluding hydrogens is 350 g/mol. The number of rotatable bonds is 4. The van der Waals surface area contributed by atoms with Gasteiger partial charge in [-0.3, -0.25) is 24.5 Å². The molecule has 25 heavy (non-hydrogen) atoms. The molecule has 128 valence electrons. The van der Waals surface area contributed by atoms with Gasteiger partial charge in [0.25, 0.3) is 5.69 Å². The lowest BCUT2D eigenvalue weighted by Gasteiger charge is -2.08. The maximum atomic E-state index is 11.9. The van der Waals surface area contributed by atoms with Crippen LogP contribution in [0.4, 0.5) is 17.1 Å². The first-order valence-electron chi connectivity index (χ1n) is 6.95. The van der Waals surface area contributed by atoms with E-state index in [0.717, 1.165) is 6.07 Å². The fourth-order valence-corrected chi connectivity index (χ4v) is 2.04. The zero-order valence-electron chi connectivity index (χ0n) is 12.9. The van der Waals surface area contributed by atoms with Gasteiger partial charge in [0.05, 0.1) is 15.6 Å². The van der Waals surface area contributed by atoms with E-state index in [-0.39, 0.29) is 22.2 Å². The fraction of sp³-hybridized carbons (Fsp3) is 0.0625. The normalized spacial score (nSPS) is 10.0. The Morgan fingerprint density at radius 2 is 1.60 bits per heavy atom. The molecule has 2 aromatic rings. The molecule has 2 aromatic carbocycles. The molecule has 0 aromatic heterocycles. The molecule has 2 amide bonds. The number of nitrogens with zero attached hydrogens (tertiary/aromatic N) is 1. The molecule has 0 aliphatic heterocycles. The van der Waals surface area contributed by atoms with Crippen molar-refractivity contribution in [2.45, 2.75) is 6.92 Å². The van der Waals surface area contributed by atoms with Gasteiger partial charge in [-0.2, -0.15) is 0 Å². The highest BCUT2D eigenvalue weighted by atomic mass is 35.5. The monoisotopic (exact) mass is 361 g/mol. The second kappa shape index (κ2) is 7.54. The Morgan fingerprint density at radius 3 is 2.16 bits per heavy atom. The van der Waals surface area contributed by atoms with E-state index in [9.17, 15) is 24.5 Å². The summed E-state index contributed by atoms with van der Waals surface area (Å²) < 4.78 is 0. The first kappa shape index (κ1) is 18.1. The maximum absolute atomic E-state index is 11.9. The predicted molar refractivity (Wildman–Crippen MR) is 91.8 cm³/mol. The van der Waals surface area contributed by atoms with Crippen molar-refractivity contribution in [1.29, 1.82) is 0 Å². The number of hydrogen-bond donors (Lipinski definition) is 2. The number of nitro benzene ring substituents is 1. The molecule has 9 heteroatoms. The van der Waals surface area contributed by atoms with Crippen molar-refractivity contribution in [2.24, 2.45) is 0 Å². The number of nitrogens with one attached hydrogen (secondary N) is 2. The van der Waals surface area contributed by atoms with Crippen LogP contribution in [0.15, 0.2) is 42.5 Å². The van der Waals surface area contributed by atoms with E-state index in [0.29, 0.717) is 11.3 Å². The number of benzene rings is 2. The maximum Gasteiger partial charge on any atom is 0.314 e. The lowest BCUT2D eigenvalue weighted by Crippen LogP contribution is -2.29. The van der Waals surface area contributed by atoms with Crippen molar-refractivity contribution in [1.82, 2.24) is 0 Å². The van der Waals surface area contributed by atoms with E-state index < -0.39 is 16.7 Å². The molecule has 0 unspecified atom stereocenters. The Labute approximate surface area is 146 Å². The van der Waals surface area contributed by atoms with Gasteiger partial charge in [-0.15, -0.1) is 0 Å². The number of Topliss-reactive ketones (excluding diaryl/α,β-unsaturated/α-hetero) is 1.